The van der Waals surface area contributed by atoms with Crippen molar-refractivity contribution in [2.75, 3.05) is 41.3 Å². The van der Waals surface area contributed by atoms with Gasteiger partial charge in [-0.3, -0.25) is 14.4 Å². The molecule has 7 heteroatoms. The lowest BCUT2D eigenvalue weighted by Crippen LogP contribution is -2.55. The summed E-state index contributed by atoms with van der Waals surface area (Å²) < 4.78 is 0. The molecule has 0 spiro atoms. The van der Waals surface area contributed by atoms with E-state index < -0.39 is 0 Å². The summed E-state index contributed by atoms with van der Waals surface area (Å²) >= 11 is 0. The second-order valence-electron chi connectivity index (χ2n) is 10.8. The third-order valence-corrected chi connectivity index (χ3v) is 7.92. The van der Waals surface area contributed by atoms with Gasteiger partial charge >= 0.3 is 0 Å². The van der Waals surface area contributed by atoms with Gasteiger partial charge in [0.2, 0.25) is 11.8 Å². The van der Waals surface area contributed by atoms with Gasteiger partial charge in [-0.25, -0.2) is 0 Å². The van der Waals surface area contributed by atoms with Crippen LogP contribution < -0.4 is 15.1 Å². The molecule has 2 aromatic rings. The van der Waals surface area contributed by atoms with Gasteiger partial charge < -0.3 is 20.0 Å². The smallest absolute Gasteiger partial charge is 0.253 e. The van der Waals surface area contributed by atoms with Crippen LogP contribution in [0.2, 0.25) is 0 Å². The van der Waals surface area contributed by atoms with Gasteiger partial charge in [-0.15, -0.1) is 0 Å². The van der Waals surface area contributed by atoms with Crippen molar-refractivity contribution in [3.8, 4) is 0 Å². The minimum atomic E-state index is -0.158. The summed E-state index contributed by atoms with van der Waals surface area (Å²) in [7, 11) is 0. The van der Waals surface area contributed by atoms with Crippen LogP contribution in [0.15, 0.2) is 42.5 Å². The van der Waals surface area contributed by atoms with E-state index in [4.69, 9.17) is 0 Å². The Hall–Kier alpha value is -3.35. The van der Waals surface area contributed by atoms with E-state index in [0.29, 0.717) is 30.9 Å². The molecule has 1 atom stereocenters. The van der Waals surface area contributed by atoms with Crippen LogP contribution in [-0.4, -0.2) is 54.8 Å². The molecule has 1 unspecified atom stereocenters. The predicted molar refractivity (Wildman–Crippen MR) is 147 cm³/mol. The molecular weight excluding hydrogens is 464 g/mol. The number of carbonyl (C=O) groups excluding carboxylic acids is 3. The van der Waals surface area contributed by atoms with Gasteiger partial charge in [0.25, 0.3) is 5.91 Å². The standard InChI is InChI=1S/C30H38N4O3/c1-21(2)22-10-13-24(14-11-22)31-28(35)9-7-19-34-27-20-23(29(36)32-16-5-6-17-32)12-15-25(27)33-18-4-3-8-26(33)30(34)37/h10-15,20-21,26H,3-9,16-19H2,1-2H3,(H,31,35). The Morgan fingerprint density at radius 2 is 1.68 bits per heavy atom. The minimum Gasteiger partial charge on any atom is -0.358 e. The van der Waals surface area contributed by atoms with E-state index in [1.807, 2.05) is 52.3 Å². The molecule has 0 bridgehead atoms. The highest BCUT2D eigenvalue weighted by Gasteiger charge is 2.39. The van der Waals surface area contributed by atoms with Gasteiger partial charge in [0, 0.05) is 43.9 Å². The molecule has 3 aliphatic rings. The van der Waals surface area contributed by atoms with Crippen LogP contribution in [0.3, 0.4) is 0 Å². The summed E-state index contributed by atoms with van der Waals surface area (Å²) in [6.07, 6.45) is 5.91. The van der Waals surface area contributed by atoms with E-state index in [9.17, 15) is 14.4 Å². The maximum absolute atomic E-state index is 13.6. The first kappa shape index (κ1) is 25.3. The van der Waals surface area contributed by atoms with Crippen LogP contribution >= 0.6 is 0 Å². The van der Waals surface area contributed by atoms with Crippen LogP contribution in [0, 0.1) is 0 Å². The summed E-state index contributed by atoms with van der Waals surface area (Å²) in [5, 5.41) is 2.98. The normalized spacial score (nSPS) is 19.2. The number of hydrogen-bond acceptors (Lipinski definition) is 4. The van der Waals surface area contributed by atoms with Crippen LogP contribution in [0.4, 0.5) is 17.1 Å². The number of nitrogens with one attached hydrogen (secondary N) is 1. The lowest BCUT2D eigenvalue weighted by molar-refractivity contribution is -0.121. The third-order valence-electron chi connectivity index (χ3n) is 7.92. The highest BCUT2D eigenvalue weighted by molar-refractivity contribution is 6.07. The highest BCUT2D eigenvalue weighted by Crippen LogP contribution is 2.40. The number of amides is 3. The maximum atomic E-state index is 13.6. The number of piperidine rings is 1. The summed E-state index contributed by atoms with van der Waals surface area (Å²) in [6.45, 7) is 7.19. The molecule has 3 aliphatic heterocycles. The Kier molecular flexibility index (Phi) is 7.49. The Morgan fingerprint density at radius 1 is 0.946 bits per heavy atom. The molecule has 0 saturated carbocycles. The first-order valence-electron chi connectivity index (χ1n) is 13.8. The predicted octanol–water partition coefficient (Wildman–Crippen LogP) is 5.17. The lowest BCUT2D eigenvalue weighted by atomic mass is 9.95. The number of benzene rings is 2. The van der Waals surface area contributed by atoms with E-state index in [0.717, 1.165) is 68.8 Å². The van der Waals surface area contributed by atoms with Gasteiger partial charge in [0.1, 0.15) is 6.04 Å². The van der Waals surface area contributed by atoms with Crippen molar-refractivity contribution in [2.24, 2.45) is 0 Å². The lowest BCUT2D eigenvalue weighted by Gasteiger charge is -2.45. The number of likely N-dealkylation sites (tertiary alicyclic amines) is 1. The molecule has 2 fully saturated rings. The SMILES string of the molecule is CC(C)c1ccc(NC(=O)CCCN2C(=O)C3CCCCN3c3ccc(C(=O)N4CCCC4)cc32)cc1. The molecule has 196 valence electrons. The molecule has 5 rings (SSSR count). The molecule has 0 aliphatic carbocycles. The molecule has 37 heavy (non-hydrogen) atoms. The molecule has 7 nitrogen and oxygen atoms in total. The molecule has 3 amide bonds. The average molecular weight is 503 g/mol. The van der Waals surface area contributed by atoms with Crippen molar-refractivity contribution in [2.45, 2.75) is 70.8 Å². The third kappa shape index (κ3) is 5.36. The van der Waals surface area contributed by atoms with Gasteiger partial charge in [-0.2, -0.15) is 0 Å². The van der Waals surface area contributed by atoms with E-state index in [2.05, 4.69) is 24.1 Å². The van der Waals surface area contributed by atoms with Crippen molar-refractivity contribution in [1.82, 2.24) is 4.90 Å². The molecule has 3 heterocycles. The Morgan fingerprint density at radius 3 is 2.41 bits per heavy atom. The number of carbonyl (C=O) groups is 3. The van der Waals surface area contributed by atoms with Crippen LogP contribution in [-0.2, 0) is 9.59 Å². The zero-order valence-electron chi connectivity index (χ0n) is 22.0. The molecule has 0 radical (unpaired) electrons. The van der Waals surface area contributed by atoms with Crippen LogP contribution in [0.25, 0.3) is 0 Å². The number of anilines is 3. The number of hydrogen-bond donors (Lipinski definition) is 1. The summed E-state index contributed by atoms with van der Waals surface area (Å²) in [4.78, 5) is 45.3. The van der Waals surface area contributed by atoms with Crippen molar-refractivity contribution in [1.29, 1.82) is 0 Å². The van der Waals surface area contributed by atoms with Gasteiger partial charge in [0.15, 0.2) is 0 Å². The molecule has 0 aromatic heterocycles. The van der Waals surface area contributed by atoms with E-state index in [1.54, 1.807) is 0 Å². The maximum Gasteiger partial charge on any atom is 0.253 e. The molecule has 2 saturated heterocycles. The summed E-state index contributed by atoms with van der Waals surface area (Å²) in [5.74, 6) is 0.513. The highest BCUT2D eigenvalue weighted by atomic mass is 16.2. The van der Waals surface area contributed by atoms with Crippen molar-refractivity contribution >= 4 is 34.8 Å². The Labute approximate surface area is 219 Å². The first-order chi connectivity index (χ1) is 17.9. The van der Waals surface area contributed by atoms with E-state index in [1.165, 1.54) is 5.56 Å². The summed E-state index contributed by atoms with van der Waals surface area (Å²) in [5.41, 5.74) is 4.49. The summed E-state index contributed by atoms with van der Waals surface area (Å²) in [6, 6.07) is 13.6. The topological polar surface area (TPSA) is 73.0 Å². The van der Waals surface area contributed by atoms with Crippen molar-refractivity contribution in [3.63, 3.8) is 0 Å². The zero-order chi connectivity index (χ0) is 25.9. The van der Waals surface area contributed by atoms with E-state index >= 15 is 0 Å². The van der Waals surface area contributed by atoms with Crippen molar-refractivity contribution < 1.29 is 14.4 Å². The number of rotatable bonds is 7. The molecule has 1 N–H and O–H groups in total. The Bertz CT molecular complexity index is 1150. The quantitative estimate of drug-likeness (QED) is 0.567. The van der Waals surface area contributed by atoms with Crippen LogP contribution in [0.1, 0.15) is 80.6 Å². The van der Waals surface area contributed by atoms with Gasteiger partial charge in [-0.1, -0.05) is 26.0 Å². The fourth-order valence-electron chi connectivity index (χ4n) is 5.80. The van der Waals surface area contributed by atoms with Gasteiger partial charge in [0.05, 0.1) is 11.4 Å². The fraction of sp³-hybridized carbons (Fsp3) is 0.500. The van der Waals surface area contributed by atoms with Gasteiger partial charge in [-0.05, 0) is 80.3 Å². The molecule has 2 aromatic carbocycles. The number of fused-ring (bicyclic) bond motifs is 3. The monoisotopic (exact) mass is 502 g/mol. The zero-order valence-corrected chi connectivity index (χ0v) is 22.0. The first-order valence-corrected chi connectivity index (χ1v) is 13.8. The fourth-order valence-corrected chi connectivity index (χ4v) is 5.80. The molecular formula is C30H38N4O3. The Balaban J connectivity index is 1.29. The van der Waals surface area contributed by atoms with E-state index in [-0.39, 0.29) is 23.8 Å². The second-order valence-corrected chi connectivity index (χ2v) is 10.8. The largest absolute Gasteiger partial charge is 0.358 e. The van der Waals surface area contributed by atoms with Crippen molar-refractivity contribution in [3.05, 3.63) is 53.6 Å². The minimum absolute atomic E-state index is 0.0383. The second kappa shape index (κ2) is 11.0. The number of nitrogens with zero attached hydrogens (tertiary/aromatic N) is 3. The van der Waals surface area contributed by atoms with Crippen LogP contribution in [0.5, 0.6) is 0 Å². The average Bonchev–Trinajstić information content (AvgIpc) is 3.45.